The molecule has 1 N–H and O–H groups in total. The standard InChI is InChI=1S/C15H22N2O4/c1-10(2)5-6-11(3)16-15(18)13-9-12(17(19)20)7-8-14(13)21-4/h7-11H,5-6H2,1-4H3,(H,16,18)/t11-/m1/s1. The zero-order valence-corrected chi connectivity index (χ0v) is 12.9. The molecule has 0 radical (unpaired) electrons. The third-order valence-corrected chi connectivity index (χ3v) is 3.19. The van der Waals surface area contributed by atoms with Crippen LogP contribution in [0.25, 0.3) is 0 Å². The minimum Gasteiger partial charge on any atom is -0.496 e. The molecule has 21 heavy (non-hydrogen) atoms. The molecule has 0 aliphatic carbocycles. The van der Waals surface area contributed by atoms with Gasteiger partial charge in [-0.05, 0) is 31.7 Å². The fourth-order valence-corrected chi connectivity index (χ4v) is 1.94. The van der Waals surface area contributed by atoms with Crippen molar-refractivity contribution in [3.63, 3.8) is 0 Å². The van der Waals surface area contributed by atoms with Crippen LogP contribution in [0.5, 0.6) is 5.75 Å². The number of nitro groups is 1. The molecule has 1 aromatic rings. The monoisotopic (exact) mass is 294 g/mol. The Labute approximate surface area is 124 Å². The van der Waals surface area contributed by atoms with Gasteiger partial charge in [-0.15, -0.1) is 0 Å². The highest BCUT2D eigenvalue weighted by Crippen LogP contribution is 2.24. The van der Waals surface area contributed by atoms with Gasteiger partial charge in [0, 0.05) is 18.2 Å². The van der Waals surface area contributed by atoms with Gasteiger partial charge in [-0.1, -0.05) is 13.8 Å². The summed E-state index contributed by atoms with van der Waals surface area (Å²) in [5.41, 5.74) is 0.0545. The second-order valence-corrected chi connectivity index (χ2v) is 5.49. The molecule has 1 amide bonds. The molecule has 1 rings (SSSR count). The van der Waals surface area contributed by atoms with E-state index in [2.05, 4.69) is 19.2 Å². The van der Waals surface area contributed by atoms with Gasteiger partial charge in [0.25, 0.3) is 11.6 Å². The molecule has 0 heterocycles. The number of benzene rings is 1. The summed E-state index contributed by atoms with van der Waals surface area (Å²) >= 11 is 0. The Kier molecular flexibility index (Phi) is 6.14. The Balaban J connectivity index is 2.85. The minimum atomic E-state index is -0.529. The molecule has 0 saturated carbocycles. The van der Waals surface area contributed by atoms with E-state index in [0.29, 0.717) is 11.7 Å². The summed E-state index contributed by atoms with van der Waals surface area (Å²) in [5.74, 6) is 0.540. The van der Waals surface area contributed by atoms with Crippen LogP contribution in [0.4, 0.5) is 5.69 Å². The lowest BCUT2D eigenvalue weighted by atomic mass is 10.0. The first-order valence-corrected chi connectivity index (χ1v) is 6.98. The highest BCUT2D eigenvalue weighted by molar-refractivity contribution is 5.97. The average Bonchev–Trinajstić information content (AvgIpc) is 2.44. The summed E-state index contributed by atoms with van der Waals surface area (Å²) in [6.07, 6.45) is 1.87. The summed E-state index contributed by atoms with van der Waals surface area (Å²) in [6, 6.07) is 4.00. The van der Waals surface area contributed by atoms with Crippen LogP contribution in [0.1, 0.15) is 44.0 Å². The van der Waals surface area contributed by atoms with Gasteiger partial charge in [0.1, 0.15) is 5.75 Å². The lowest BCUT2D eigenvalue weighted by molar-refractivity contribution is -0.384. The Bertz CT molecular complexity index is 514. The molecule has 1 atom stereocenters. The van der Waals surface area contributed by atoms with Crippen molar-refractivity contribution in [3.05, 3.63) is 33.9 Å². The third kappa shape index (κ3) is 5.06. The van der Waals surface area contributed by atoms with Crippen LogP contribution < -0.4 is 10.1 Å². The van der Waals surface area contributed by atoms with Gasteiger partial charge >= 0.3 is 0 Å². The van der Waals surface area contributed by atoms with Crippen molar-refractivity contribution in [3.8, 4) is 5.75 Å². The molecule has 0 bridgehead atoms. The van der Waals surface area contributed by atoms with Crippen LogP contribution in [0.15, 0.2) is 18.2 Å². The summed E-state index contributed by atoms with van der Waals surface area (Å²) in [5, 5.41) is 13.7. The van der Waals surface area contributed by atoms with Gasteiger partial charge < -0.3 is 10.1 Å². The van der Waals surface area contributed by atoms with E-state index >= 15 is 0 Å². The number of rotatable bonds is 7. The summed E-state index contributed by atoms with van der Waals surface area (Å²) < 4.78 is 5.10. The van der Waals surface area contributed by atoms with Gasteiger partial charge in [-0.3, -0.25) is 14.9 Å². The minimum absolute atomic E-state index is 0.00358. The molecule has 0 fully saturated rings. The number of nitrogens with zero attached hydrogens (tertiary/aromatic N) is 1. The second-order valence-electron chi connectivity index (χ2n) is 5.49. The summed E-state index contributed by atoms with van der Waals surface area (Å²) in [7, 11) is 1.43. The first-order valence-electron chi connectivity index (χ1n) is 6.98. The van der Waals surface area contributed by atoms with E-state index in [0.717, 1.165) is 12.8 Å². The maximum atomic E-state index is 12.2. The molecular weight excluding hydrogens is 272 g/mol. The average molecular weight is 294 g/mol. The Hall–Kier alpha value is -2.11. The van der Waals surface area contributed by atoms with E-state index < -0.39 is 4.92 Å². The Morgan fingerprint density at radius 2 is 2.00 bits per heavy atom. The smallest absolute Gasteiger partial charge is 0.270 e. The van der Waals surface area contributed by atoms with Crippen LogP contribution in [-0.2, 0) is 0 Å². The molecule has 6 heteroatoms. The van der Waals surface area contributed by atoms with E-state index in [4.69, 9.17) is 4.74 Å². The number of hydrogen-bond acceptors (Lipinski definition) is 4. The SMILES string of the molecule is COc1ccc([N+](=O)[O-])cc1C(=O)N[C@H](C)CCC(C)C. The van der Waals surface area contributed by atoms with Crippen molar-refractivity contribution in [2.75, 3.05) is 7.11 Å². The highest BCUT2D eigenvalue weighted by atomic mass is 16.6. The molecule has 0 spiro atoms. The van der Waals surface area contributed by atoms with Gasteiger partial charge in [-0.2, -0.15) is 0 Å². The first-order chi connectivity index (χ1) is 9.85. The van der Waals surface area contributed by atoms with Crippen molar-refractivity contribution < 1.29 is 14.5 Å². The van der Waals surface area contributed by atoms with Crippen molar-refractivity contribution in [2.24, 2.45) is 5.92 Å². The number of non-ortho nitro benzene ring substituents is 1. The predicted molar refractivity (Wildman–Crippen MR) is 80.6 cm³/mol. The second kappa shape index (κ2) is 7.61. The summed E-state index contributed by atoms with van der Waals surface area (Å²) in [4.78, 5) is 22.5. The van der Waals surface area contributed by atoms with Crippen LogP contribution in [0.2, 0.25) is 0 Å². The van der Waals surface area contributed by atoms with Gasteiger partial charge in [0.2, 0.25) is 0 Å². The molecule has 1 aromatic carbocycles. The normalized spacial score (nSPS) is 12.0. The molecule has 0 aliphatic rings. The fraction of sp³-hybridized carbons (Fsp3) is 0.533. The predicted octanol–water partition coefficient (Wildman–Crippen LogP) is 3.16. The topological polar surface area (TPSA) is 81.5 Å². The number of carbonyl (C=O) groups excluding carboxylic acids is 1. The van der Waals surface area contributed by atoms with Crippen molar-refractivity contribution in [1.82, 2.24) is 5.32 Å². The van der Waals surface area contributed by atoms with Crippen molar-refractivity contribution in [1.29, 1.82) is 0 Å². The molecule has 0 aliphatic heterocycles. The van der Waals surface area contributed by atoms with Gasteiger partial charge in [0.15, 0.2) is 0 Å². The maximum Gasteiger partial charge on any atom is 0.270 e. The molecule has 0 aromatic heterocycles. The Morgan fingerprint density at radius 3 is 2.52 bits per heavy atom. The highest BCUT2D eigenvalue weighted by Gasteiger charge is 2.18. The lowest BCUT2D eigenvalue weighted by Crippen LogP contribution is -2.33. The van der Waals surface area contributed by atoms with E-state index in [1.165, 1.54) is 25.3 Å². The molecule has 0 saturated heterocycles. The lowest BCUT2D eigenvalue weighted by Gasteiger charge is -2.16. The number of ether oxygens (including phenoxy) is 1. The van der Waals surface area contributed by atoms with Crippen LogP contribution in [-0.4, -0.2) is 24.0 Å². The Morgan fingerprint density at radius 1 is 1.33 bits per heavy atom. The van der Waals surface area contributed by atoms with Crippen LogP contribution >= 0.6 is 0 Å². The number of methoxy groups -OCH3 is 1. The van der Waals surface area contributed by atoms with Crippen molar-refractivity contribution >= 4 is 11.6 Å². The maximum absolute atomic E-state index is 12.2. The van der Waals surface area contributed by atoms with Crippen LogP contribution in [0.3, 0.4) is 0 Å². The van der Waals surface area contributed by atoms with E-state index in [-0.39, 0.29) is 23.2 Å². The zero-order chi connectivity index (χ0) is 16.0. The largest absolute Gasteiger partial charge is 0.496 e. The fourth-order valence-electron chi connectivity index (χ4n) is 1.94. The molecule has 6 nitrogen and oxygen atoms in total. The summed E-state index contributed by atoms with van der Waals surface area (Å²) in [6.45, 7) is 6.17. The number of nitrogens with one attached hydrogen (secondary N) is 1. The number of carbonyl (C=O) groups is 1. The number of amides is 1. The zero-order valence-electron chi connectivity index (χ0n) is 12.9. The number of hydrogen-bond donors (Lipinski definition) is 1. The quantitative estimate of drug-likeness (QED) is 0.618. The van der Waals surface area contributed by atoms with E-state index in [1.807, 2.05) is 6.92 Å². The molecule has 0 unspecified atom stereocenters. The van der Waals surface area contributed by atoms with Crippen LogP contribution in [0, 0.1) is 16.0 Å². The number of nitro benzene ring substituents is 1. The van der Waals surface area contributed by atoms with E-state index in [1.54, 1.807) is 0 Å². The molecule has 116 valence electrons. The first kappa shape index (κ1) is 16.9. The van der Waals surface area contributed by atoms with Gasteiger partial charge in [0.05, 0.1) is 17.6 Å². The van der Waals surface area contributed by atoms with Crippen molar-refractivity contribution in [2.45, 2.75) is 39.7 Å². The van der Waals surface area contributed by atoms with E-state index in [9.17, 15) is 14.9 Å². The van der Waals surface area contributed by atoms with Gasteiger partial charge in [-0.25, -0.2) is 0 Å². The third-order valence-electron chi connectivity index (χ3n) is 3.19. The molecular formula is C15H22N2O4.